The maximum atomic E-state index is 9.43. The molecule has 0 aromatic heterocycles. The zero-order valence-corrected chi connectivity index (χ0v) is 15.0. The van der Waals surface area contributed by atoms with Crippen molar-refractivity contribution in [2.24, 2.45) is 10.2 Å². The van der Waals surface area contributed by atoms with E-state index in [1.54, 1.807) is 28.1 Å². The van der Waals surface area contributed by atoms with E-state index in [0.717, 1.165) is 0 Å². The SMILES string of the molecule is [C-]#[N+]C(C)(CC(C)(C)OC)N=NC(C)(C#N)CC(C)(C)OC. The minimum Gasteiger partial charge on any atom is -0.379 e. The molecule has 0 aliphatic heterocycles. The molecule has 0 radical (unpaired) electrons. The van der Waals surface area contributed by atoms with Crippen LogP contribution in [0.15, 0.2) is 10.2 Å². The Hall–Kier alpha value is -1.50. The lowest BCUT2D eigenvalue weighted by molar-refractivity contribution is 0.0000357. The third-order valence-corrected chi connectivity index (χ3v) is 3.60. The third kappa shape index (κ3) is 6.51. The molecule has 0 saturated carbocycles. The number of methoxy groups -OCH3 is 2. The highest BCUT2D eigenvalue weighted by atomic mass is 16.5. The lowest BCUT2D eigenvalue weighted by atomic mass is 9.89. The first-order chi connectivity index (χ1) is 9.86. The third-order valence-electron chi connectivity index (χ3n) is 3.60. The summed E-state index contributed by atoms with van der Waals surface area (Å²) >= 11 is 0. The van der Waals surface area contributed by atoms with E-state index in [1.807, 2.05) is 27.7 Å². The summed E-state index contributed by atoms with van der Waals surface area (Å²) in [6.45, 7) is 18.4. The van der Waals surface area contributed by atoms with Crippen LogP contribution in [0.2, 0.25) is 0 Å². The molecule has 6 nitrogen and oxygen atoms in total. The predicted octanol–water partition coefficient (Wildman–Crippen LogP) is 3.99. The first-order valence-corrected chi connectivity index (χ1v) is 7.21. The van der Waals surface area contributed by atoms with Crippen molar-refractivity contribution in [2.75, 3.05) is 14.2 Å². The van der Waals surface area contributed by atoms with E-state index in [9.17, 15) is 5.26 Å². The van der Waals surface area contributed by atoms with E-state index in [0.29, 0.717) is 12.8 Å². The van der Waals surface area contributed by atoms with Crippen LogP contribution in [0.25, 0.3) is 4.85 Å². The van der Waals surface area contributed by atoms with Crippen molar-refractivity contribution in [1.82, 2.24) is 0 Å². The second kappa shape index (κ2) is 7.17. The Morgan fingerprint density at radius 2 is 1.41 bits per heavy atom. The van der Waals surface area contributed by atoms with E-state index in [2.05, 4.69) is 21.1 Å². The van der Waals surface area contributed by atoms with Crippen molar-refractivity contribution < 1.29 is 9.47 Å². The summed E-state index contributed by atoms with van der Waals surface area (Å²) in [6, 6.07) is 2.17. The number of hydrogen-bond donors (Lipinski definition) is 0. The Bertz CT molecular complexity index is 443. The molecule has 22 heavy (non-hydrogen) atoms. The van der Waals surface area contributed by atoms with E-state index < -0.39 is 22.4 Å². The van der Waals surface area contributed by atoms with Gasteiger partial charge in [-0.15, -0.1) is 5.11 Å². The van der Waals surface area contributed by atoms with Gasteiger partial charge >= 0.3 is 5.66 Å². The first-order valence-electron chi connectivity index (χ1n) is 7.21. The van der Waals surface area contributed by atoms with Crippen molar-refractivity contribution in [3.05, 3.63) is 11.4 Å². The summed E-state index contributed by atoms with van der Waals surface area (Å²) in [5.41, 5.74) is -3.09. The average Bonchev–Trinajstić information content (AvgIpc) is 2.44. The average molecular weight is 308 g/mol. The zero-order chi connectivity index (χ0) is 17.7. The molecule has 0 saturated heterocycles. The summed E-state index contributed by atoms with van der Waals surface area (Å²) in [7, 11) is 3.20. The van der Waals surface area contributed by atoms with Crippen LogP contribution in [-0.4, -0.2) is 36.6 Å². The fraction of sp³-hybridized carbons (Fsp3) is 0.875. The Balaban J connectivity index is 5.33. The highest BCUT2D eigenvalue weighted by molar-refractivity contribution is 5.07. The molecular formula is C16H28N4O2. The van der Waals surface area contributed by atoms with Crippen LogP contribution in [0.1, 0.15) is 54.4 Å². The minimum absolute atomic E-state index is 0.387. The summed E-state index contributed by atoms with van der Waals surface area (Å²) in [5.74, 6) is 0. The Morgan fingerprint density at radius 3 is 1.77 bits per heavy atom. The lowest BCUT2D eigenvalue weighted by Gasteiger charge is -2.29. The zero-order valence-electron chi connectivity index (χ0n) is 15.0. The van der Waals surface area contributed by atoms with Gasteiger partial charge in [-0.2, -0.15) is 10.4 Å². The maximum Gasteiger partial charge on any atom is 0.340 e. The predicted molar refractivity (Wildman–Crippen MR) is 85.3 cm³/mol. The molecule has 0 fully saturated rings. The van der Waals surface area contributed by atoms with E-state index >= 15 is 0 Å². The van der Waals surface area contributed by atoms with Crippen LogP contribution in [0.4, 0.5) is 0 Å². The number of nitriles is 1. The van der Waals surface area contributed by atoms with Crippen LogP contribution in [0, 0.1) is 17.9 Å². The van der Waals surface area contributed by atoms with Crippen LogP contribution in [-0.2, 0) is 9.47 Å². The van der Waals surface area contributed by atoms with Crippen molar-refractivity contribution in [2.45, 2.75) is 76.8 Å². The summed E-state index contributed by atoms with van der Waals surface area (Å²) in [4.78, 5) is 3.58. The molecular weight excluding hydrogens is 280 g/mol. The van der Waals surface area contributed by atoms with E-state index in [-0.39, 0.29) is 0 Å². The van der Waals surface area contributed by atoms with Crippen LogP contribution in [0.5, 0.6) is 0 Å². The van der Waals surface area contributed by atoms with Crippen molar-refractivity contribution >= 4 is 0 Å². The van der Waals surface area contributed by atoms with E-state index in [1.165, 1.54) is 0 Å². The summed E-state index contributed by atoms with van der Waals surface area (Å²) in [5, 5.41) is 17.8. The van der Waals surface area contributed by atoms with Crippen molar-refractivity contribution in [3.8, 4) is 6.07 Å². The van der Waals surface area contributed by atoms with Gasteiger partial charge in [0, 0.05) is 27.6 Å². The van der Waals surface area contributed by atoms with Gasteiger partial charge in [0.15, 0.2) is 5.54 Å². The molecule has 0 N–H and O–H groups in total. The molecule has 0 aliphatic rings. The van der Waals surface area contributed by atoms with Gasteiger partial charge in [-0.05, 0) is 34.6 Å². The topological polar surface area (TPSA) is 71.3 Å². The van der Waals surface area contributed by atoms with Crippen LogP contribution in [0.3, 0.4) is 0 Å². The van der Waals surface area contributed by atoms with Gasteiger partial charge in [0.2, 0.25) is 0 Å². The van der Waals surface area contributed by atoms with Crippen molar-refractivity contribution in [1.29, 1.82) is 5.26 Å². The molecule has 0 aliphatic carbocycles. The molecule has 0 aromatic carbocycles. The molecule has 0 spiro atoms. The number of hydrogen-bond acceptors (Lipinski definition) is 5. The highest BCUT2D eigenvalue weighted by Gasteiger charge is 2.40. The second-order valence-electron chi connectivity index (χ2n) is 7.20. The lowest BCUT2D eigenvalue weighted by Crippen LogP contribution is -2.36. The fourth-order valence-corrected chi connectivity index (χ4v) is 2.19. The van der Waals surface area contributed by atoms with Gasteiger partial charge in [0.25, 0.3) is 0 Å². The smallest absolute Gasteiger partial charge is 0.340 e. The molecule has 0 rings (SSSR count). The molecule has 2 unspecified atom stereocenters. The van der Waals surface area contributed by atoms with Gasteiger partial charge in [-0.25, -0.2) is 6.57 Å². The summed E-state index contributed by atoms with van der Waals surface area (Å²) in [6.07, 6.45) is 0.775. The number of nitrogens with zero attached hydrogens (tertiary/aromatic N) is 4. The Morgan fingerprint density at radius 1 is 0.955 bits per heavy atom. The number of ether oxygens (including phenoxy) is 2. The summed E-state index contributed by atoms with van der Waals surface area (Å²) < 4.78 is 10.7. The quantitative estimate of drug-likeness (QED) is 0.503. The van der Waals surface area contributed by atoms with Crippen LogP contribution < -0.4 is 0 Å². The van der Waals surface area contributed by atoms with Gasteiger partial charge in [-0.1, -0.05) is 0 Å². The fourth-order valence-electron chi connectivity index (χ4n) is 2.19. The number of rotatable bonds is 8. The van der Waals surface area contributed by atoms with E-state index in [4.69, 9.17) is 16.0 Å². The standard InChI is InChI=1S/C16H28N4O2/c1-13(2,21-8)10-15(5,12-17)19-20-16(6,18-7)11-14(3,4)22-9/h10-11H2,1-6,8-9H3. The molecule has 6 heteroatoms. The normalized spacial score (nSPS) is 18.3. The highest BCUT2D eigenvalue weighted by Crippen LogP contribution is 2.31. The molecule has 0 heterocycles. The molecule has 0 amide bonds. The monoisotopic (exact) mass is 308 g/mol. The van der Waals surface area contributed by atoms with Gasteiger partial charge in [0.05, 0.1) is 23.7 Å². The Kier molecular flexibility index (Phi) is 6.69. The number of azo groups is 1. The largest absolute Gasteiger partial charge is 0.379 e. The minimum atomic E-state index is -1.06. The maximum absolute atomic E-state index is 9.43. The van der Waals surface area contributed by atoms with Gasteiger partial charge in [-0.3, -0.25) is 4.85 Å². The first kappa shape index (κ1) is 20.5. The van der Waals surface area contributed by atoms with Gasteiger partial charge < -0.3 is 9.47 Å². The molecule has 0 aromatic rings. The van der Waals surface area contributed by atoms with Crippen molar-refractivity contribution in [3.63, 3.8) is 0 Å². The molecule has 124 valence electrons. The molecule has 0 bridgehead atoms. The van der Waals surface area contributed by atoms with Gasteiger partial charge in [0.1, 0.15) is 0 Å². The molecule has 2 atom stereocenters. The Labute approximate surface area is 134 Å². The van der Waals surface area contributed by atoms with Crippen LogP contribution >= 0.6 is 0 Å². The second-order valence-corrected chi connectivity index (χ2v) is 7.20.